The van der Waals surface area contributed by atoms with Crippen molar-refractivity contribution in [3.8, 4) is 11.8 Å². The van der Waals surface area contributed by atoms with Crippen molar-refractivity contribution >= 4 is 21.4 Å². The maximum Gasteiger partial charge on any atom is 0.291 e. The van der Waals surface area contributed by atoms with Gasteiger partial charge in [-0.05, 0) is 76.3 Å². The van der Waals surface area contributed by atoms with Crippen molar-refractivity contribution in [2.45, 2.75) is 101 Å². The number of methoxy groups -OCH3 is 2. The van der Waals surface area contributed by atoms with Gasteiger partial charge >= 0.3 is 0 Å². The Balaban J connectivity index is 0.00000153. The molecule has 0 spiro atoms. The highest BCUT2D eigenvalue weighted by molar-refractivity contribution is 7.90. The summed E-state index contributed by atoms with van der Waals surface area (Å²) in [5.74, 6) is 1.10. The van der Waals surface area contributed by atoms with E-state index < -0.39 is 15.7 Å². The maximum absolute atomic E-state index is 12.8. The van der Waals surface area contributed by atoms with E-state index >= 15 is 0 Å². The van der Waals surface area contributed by atoms with Crippen LogP contribution in [0, 0.1) is 13.8 Å². The Hall–Kier alpha value is -3.44. The lowest BCUT2D eigenvalue weighted by Crippen LogP contribution is -2.18. The number of benzene rings is 1. The Morgan fingerprint density at radius 1 is 1.09 bits per heavy atom. The van der Waals surface area contributed by atoms with Gasteiger partial charge in [0.05, 0.1) is 25.9 Å². The number of allylic oxidation sites excluding steroid dienone is 2. The zero-order valence-corrected chi connectivity index (χ0v) is 30.6. The number of anilines is 1. The topological polar surface area (TPSA) is 126 Å². The Morgan fingerprint density at radius 3 is 2.04 bits per heavy atom. The van der Waals surface area contributed by atoms with Gasteiger partial charge in [0.15, 0.2) is 11.4 Å². The molecule has 2 heterocycles. The van der Waals surface area contributed by atoms with E-state index in [0.717, 1.165) is 17.5 Å². The first-order chi connectivity index (χ1) is 21.1. The molecule has 0 radical (unpaired) electrons. The molecule has 1 aliphatic rings. The second kappa shape index (κ2) is 19.2. The first-order valence-electron chi connectivity index (χ1n) is 15.4. The molecule has 1 N–H and O–H groups in total. The summed E-state index contributed by atoms with van der Waals surface area (Å²) in [6, 6.07) is 4.35. The Bertz CT molecular complexity index is 1390. The van der Waals surface area contributed by atoms with Crippen molar-refractivity contribution in [3.63, 3.8) is 0 Å². The second-order valence-corrected chi connectivity index (χ2v) is 12.6. The molecule has 45 heavy (non-hydrogen) atoms. The quantitative estimate of drug-likeness (QED) is 0.205. The van der Waals surface area contributed by atoms with Crippen molar-refractivity contribution in [3.05, 3.63) is 64.4 Å². The van der Waals surface area contributed by atoms with Crippen LogP contribution in [0.4, 0.5) is 5.69 Å². The SMILES string of the molecule is C=C(O/C(=C\C)Cc1cc2c(cc1C)C(C)(C)OC2C)C(=O)Nc1c(OC)nc(C)nc1OC.CC.CC.CCCS(C)(=O)=O. The lowest BCUT2D eigenvalue weighted by Gasteiger charge is -2.20. The van der Waals surface area contributed by atoms with Gasteiger partial charge < -0.3 is 24.3 Å². The van der Waals surface area contributed by atoms with Gasteiger partial charge in [-0.2, -0.15) is 9.97 Å². The maximum atomic E-state index is 12.8. The van der Waals surface area contributed by atoms with Gasteiger partial charge in [-0.1, -0.05) is 53.3 Å². The molecule has 11 heteroatoms. The molecule has 2 aromatic rings. The van der Waals surface area contributed by atoms with Crippen LogP contribution in [-0.4, -0.2) is 50.5 Å². The number of aromatic nitrogens is 2. The summed E-state index contributed by atoms with van der Waals surface area (Å²) in [6.45, 7) is 25.5. The summed E-state index contributed by atoms with van der Waals surface area (Å²) >= 11 is 0. The van der Waals surface area contributed by atoms with E-state index in [9.17, 15) is 13.2 Å². The molecule has 0 aliphatic carbocycles. The number of amides is 1. The molecule has 1 aliphatic heterocycles. The number of carbonyl (C=O) groups is 1. The minimum Gasteiger partial charge on any atom is -0.479 e. The van der Waals surface area contributed by atoms with Crippen LogP contribution in [0.3, 0.4) is 0 Å². The van der Waals surface area contributed by atoms with Gasteiger partial charge in [0.2, 0.25) is 11.8 Å². The number of carbonyl (C=O) groups excluding carboxylic acids is 1. The Morgan fingerprint density at radius 2 is 1.62 bits per heavy atom. The molecular formula is C34H55N3O7S. The highest BCUT2D eigenvalue weighted by Gasteiger charge is 2.36. The van der Waals surface area contributed by atoms with Crippen LogP contribution in [-0.2, 0) is 36.1 Å². The first kappa shape index (κ1) is 41.6. The number of nitrogens with one attached hydrogen (secondary N) is 1. The van der Waals surface area contributed by atoms with E-state index in [2.05, 4.69) is 61.7 Å². The molecule has 1 amide bonds. The van der Waals surface area contributed by atoms with Crippen LogP contribution in [0.25, 0.3) is 0 Å². The van der Waals surface area contributed by atoms with E-state index in [0.29, 0.717) is 23.8 Å². The van der Waals surface area contributed by atoms with Crippen LogP contribution in [0.2, 0.25) is 0 Å². The van der Waals surface area contributed by atoms with E-state index in [4.69, 9.17) is 18.9 Å². The van der Waals surface area contributed by atoms with Gasteiger partial charge in [0.25, 0.3) is 5.91 Å². The predicted octanol–water partition coefficient (Wildman–Crippen LogP) is 7.55. The summed E-state index contributed by atoms with van der Waals surface area (Å²) in [5.41, 5.74) is 4.51. The number of ether oxygens (including phenoxy) is 4. The van der Waals surface area contributed by atoms with Crippen LogP contribution >= 0.6 is 0 Å². The molecule has 1 unspecified atom stereocenters. The van der Waals surface area contributed by atoms with Gasteiger partial charge in [-0.3, -0.25) is 4.79 Å². The molecule has 254 valence electrons. The average Bonchev–Trinajstić information content (AvgIpc) is 3.21. The number of fused-ring (bicyclic) bond motifs is 1. The first-order valence-corrected chi connectivity index (χ1v) is 17.4. The number of hydrogen-bond donors (Lipinski definition) is 1. The average molecular weight is 650 g/mol. The van der Waals surface area contributed by atoms with Crippen LogP contribution in [0.1, 0.15) is 103 Å². The smallest absolute Gasteiger partial charge is 0.291 e. The van der Waals surface area contributed by atoms with Crippen molar-refractivity contribution in [2.24, 2.45) is 0 Å². The van der Waals surface area contributed by atoms with Crippen molar-refractivity contribution in [1.29, 1.82) is 0 Å². The van der Waals surface area contributed by atoms with Crippen molar-refractivity contribution < 1.29 is 32.2 Å². The van der Waals surface area contributed by atoms with E-state index in [1.165, 1.54) is 31.6 Å². The normalized spacial score (nSPS) is 14.6. The fraction of sp³-hybridized carbons (Fsp3) is 0.559. The van der Waals surface area contributed by atoms with E-state index in [1.807, 2.05) is 47.6 Å². The Labute approximate surface area is 271 Å². The highest BCUT2D eigenvalue weighted by Crippen LogP contribution is 2.44. The third-order valence-electron chi connectivity index (χ3n) is 6.41. The number of aryl methyl sites for hydroxylation is 2. The zero-order chi connectivity index (χ0) is 35.1. The zero-order valence-electron chi connectivity index (χ0n) is 29.8. The molecule has 0 saturated heterocycles. The molecule has 1 aromatic carbocycles. The molecule has 3 rings (SSSR count). The summed E-state index contributed by atoms with van der Waals surface area (Å²) in [6.07, 6.45) is 4.32. The monoisotopic (exact) mass is 649 g/mol. The minimum atomic E-state index is -2.67. The largest absolute Gasteiger partial charge is 0.479 e. The van der Waals surface area contributed by atoms with Crippen LogP contribution < -0.4 is 14.8 Å². The minimum absolute atomic E-state index is 0.0155. The van der Waals surface area contributed by atoms with Crippen molar-refractivity contribution in [2.75, 3.05) is 31.5 Å². The summed E-state index contributed by atoms with van der Waals surface area (Å²) < 4.78 is 43.0. The number of sulfone groups is 1. The van der Waals surface area contributed by atoms with Crippen molar-refractivity contribution in [1.82, 2.24) is 9.97 Å². The molecule has 10 nitrogen and oxygen atoms in total. The van der Waals surface area contributed by atoms with Crippen LogP contribution in [0.5, 0.6) is 11.8 Å². The van der Waals surface area contributed by atoms with Gasteiger partial charge in [0, 0.05) is 18.4 Å². The molecule has 1 atom stereocenters. The Kier molecular flexibility index (Phi) is 17.7. The molecule has 0 saturated carbocycles. The highest BCUT2D eigenvalue weighted by atomic mass is 32.2. The summed E-state index contributed by atoms with van der Waals surface area (Å²) in [5, 5.41) is 2.68. The number of hydrogen-bond acceptors (Lipinski definition) is 9. The summed E-state index contributed by atoms with van der Waals surface area (Å²) in [4.78, 5) is 21.2. The predicted molar refractivity (Wildman–Crippen MR) is 183 cm³/mol. The molecule has 0 bridgehead atoms. The van der Waals surface area contributed by atoms with Gasteiger partial charge in [-0.25, -0.2) is 8.42 Å². The lowest BCUT2D eigenvalue weighted by atomic mass is 9.89. The summed E-state index contributed by atoms with van der Waals surface area (Å²) in [7, 11) is 0.227. The number of nitrogens with zero attached hydrogens (tertiary/aromatic N) is 2. The molecule has 0 fully saturated rings. The molecule has 1 aromatic heterocycles. The molecular weight excluding hydrogens is 594 g/mol. The number of rotatable bonds is 10. The van der Waals surface area contributed by atoms with E-state index in [1.54, 1.807) is 6.92 Å². The van der Waals surface area contributed by atoms with Crippen LogP contribution in [0.15, 0.2) is 36.3 Å². The van der Waals surface area contributed by atoms with Gasteiger partial charge in [0.1, 0.15) is 21.4 Å². The fourth-order valence-electron chi connectivity index (χ4n) is 4.46. The third-order valence-corrected chi connectivity index (χ3v) is 7.56. The van der Waals surface area contributed by atoms with E-state index in [-0.39, 0.29) is 34.9 Å². The lowest BCUT2D eigenvalue weighted by molar-refractivity contribution is -0.115. The van der Waals surface area contributed by atoms with Gasteiger partial charge in [-0.15, -0.1) is 0 Å². The fourth-order valence-corrected chi connectivity index (χ4v) is 5.20. The third kappa shape index (κ3) is 12.5. The second-order valence-electron chi connectivity index (χ2n) is 10.3. The standard InChI is InChI=1S/C26H33N3O5.C4H10O2S.2C2H6/c1-10-19(12-18-13-20-15(3)34-26(6,7)21(20)11-14(18)2)33-16(4)23(30)29-22-24(31-8)27-17(5)28-25(22)32-9;1-3-4-7(2,5)6;2*1-2/h10-11,13,15H,4,12H2,1-3,5-9H3,(H,29,30);3-4H2,1-2H3;2*1-2H3/b19-10-;;;.